The molecule has 2 aliphatic heterocycles. The van der Waals surface area contributed by atoms with Crippen molar-refractivity contribution >= 4 is 48.2 Å². The van der Waals surface area contributed by atoms with E-state index in [9.17, 15) is 14.4 Å². The lowest BCUT2D eigenvalue weighted by Crippen LogP contribution is -2.52. The fourth-order valence-electron chi connectivity index (χ4n) is 4.11. The van der Waals surface area contributed by atoms with E-state index in [1.165, 1.54) is 0 Å². The van der Waals surface area contributed by atoms with Crippen molar-refractivity contribution in [3.8, 4) is 0 Å². The van der Waals surface area contributed by atoms with Gasteiger partial charge in [0.15, 0.2) is 0 Å². The molecule has 1 fully saturated rings. The molecule has 1 unspecified atom stereocenters. The fraction of sp³-hybridized carbons (Fsp3) is 0.571. The van der Waals surface area contributed by atoms with E-state index in [0.717, 1.165) is 50.0 Å². The van der Waals surface area contributed by atoms with Crippen LogP contribution in [0, 0.1) is 0 Å². The summed E-state index contributed by atoms with van der Waals surface area (Å²) in [5.41, 5.74) is 14.0. The zero-order valence-electron chi connectivity index (χ0n) is 17.7. The summed E-state index contributed by atoms with van der Waals surface area (Å²) < 4.78 is 0. The second-order valence-corrected chi connectivity index (χ2v) is 7.68. The number of hydrogen-bond acceptors (Lipinski definition) is 6. The Labute approximate surface area is 195 Å². The predicted molar refractivity (Wildman–Crippen MR) is 126 cm³/mol. The number of hydrogen-bond donors (Lipinski definition) is 3. The van der Waals surface area contributed by atoms with Gasteiger partial charge in [0.05, 0.1) is 0 Å². The molecule has 0 saturated carbocycles. The molecule has 1 saturated heterocycles. The monoisotopic (exact) mass is 473 g/mol. The van der Waals surface area contributed by atoms with Crippen molar-refractivity contribution in [1.29, 1.82) is 0 Å². The van der Waals surface area contributed by atoms with Crippen molar-refractivity contribution in [2.45, 2.75) is 51.1 Å². The van der Waals surface area contributed by atoms with E-state index in [4.69, 9.17) is 11.5 Å². The van der Waals surface area contributed by atoms with Crippen LogP contribution in [-0.2, 0) is 16.1 Å². The minimum Gasteiger partial charge on any atom is -0.371 e. The van der Waals surface area contributed by atoms with Crippen molar-refractivity contribution in [2.75, 3.05) is 31.1 Å². The molecule has 1 aromatic rings. The summed E-state index contributed by atoms with van der Waals surface area (Å²) in [4.78, 5) is 40.7. The molecule has 1 atom stereocenters. The first-order valence-electron chi connectivity index (χ1n) is 10.5. The number of fused-ring (bicyclic) bond motifs is 1. The summed E-state index contributed by atoms with van der Waals surface area (Å²) in [5.74, 6) is -0.797. The number of nitrogens with zero attached hydrogens (tertiary/aromatic N) is 2. The van der Waals surface area contributed by atoms with Crippen molar-refractivity contribution in [1.82, 2.24) is 10.2 Å². The number of halogens is 2. The van der Waals surface area contributed by atoms with E-state index < -0.39 is 6.04 Å². The normalized spacial score (nSPS) is 17.5. The number of piperidine rings is 1. The molecule has 0 bridgehead atoms. The second-order valence-electron chi connectivity index (χ2n) is 7.68. The Morgan fingerprint density at radius 2 is 1.65 bits per heavy atom. The summed E-state index contributed by atoms with van der Waals surface area (Å²) in [7, 11) is 0. The van der Waals surface area contributed by atoms with Crippen LogP contribution >= 0.6 is 24.8 Å². The van der Waals surface area contributed by atoms with E-state index in [-0.39, 0.29) is 49.0 Å². The van der Waals surface area contributed by atoms with Gasteiger partial charge in [-0.05, 0) is 57.3 Å². The number of amides is 3. The van der Waals surface area contributed by atoms with Crippen LogP contribution in [0.4, 0.5) is 5.69 Å². The number of unbranched alkanes of at least 4 members (excludes halogenated alkanes) is 2. The molecule has 2 aliphatic rings. The summed E-state index contributed by atoms with van der Waals surface area (Å²) >= 11 is 0. The van der Waals surface area contributed by atoms with E-state index in [0.29, 0.717) is 31.6 Å². The fourth-order valence-corrected chi connectivity index (χ4v) is 4.11. The summed E-state index contributed by atoms with van der Waals surface area (Å²) in [6.45, 7) is 3.44. The SMILES string of the molecule is Cl.Cl.NCCCCN(CCCCN)c1cccc2c1CN(C1CCC(=O)NC1=O)C2=O. The topological polar surface area (TPSA) is 122 Å². The van der Waals surface area contributed by atoms with E-state index in [1.807, 2.05) is 18.2 Å². The highest BCUT2D eigenvalue weighted by Crippen LogP contribution is 2.34. The van der Waals surface area contributed by atoms with Gasteiger partial charge < -0.3 is 21.3 Å². The Balaban J connectivity index is 0.00000240. The number of benzene rings is 1. The number of imide groups is 1. The lowest BCUT2D eigenvalue weighted by Gasteiger charge is -2.30. The van der Waals surface area contributed by atoms with Crippen LogP contribution < -0.4 is 21.7 Å². The van der Waals surface area contributed by atoms with E-state index >= 15 is 0 Å². The number of nitrogens with one attached hydrogen (secondary N) is 1. The first-order valence-corrected chi connectivity index (χ1v) is 10.5. The first kappa shape index (κ1) is 27.2. The van der Waals surface area contributed by atoms with Gasteiger partial charge >= 0.3 is 0 Å². The lowest BCUT2D eigenvalue weighted by molar-refractivity contribution is -0.136. The molecule has 1 aromatic carbocycles. The third-order valence-electron chi connectivity index (χ3n) is 5.66. The molecule has 3 amide bonds. The highest BCUT2D eigenvalue weighted by molar-refractivity contribution is 6.06. The van der Waals surface area contributed by atoms with Gasteiger partial charge in [0, 0.05) is 42.9 Å². The van der Waals surface area contributed by atoms with Crippen molar-refractivity contribution in [3.05, 3.63) is 29.3 Å². The lowest BCUT2D eigenvalue weighted by atomic mass is 10.0. The molecule has 0 aromatic heterocycles. The third-order valence-corrected chi connectivity index (χ3v) is 5.66. The molecule has 0 spiro atoms. The highest BCUT2D eigenvalue weighted by atomic mass is 35.5. The molecule has 5 N–H and O–H groups in total. The molecule has 0 aliphatic carbocycles. The Hall–Kier alpha value is -1.87. The molecule has 31 heavy (non-hydrogen) atoms. The number of nitrogens with two attached hydrogens (primary N) is 2. The van der Waals surface area contributed by atoms with Crippen LogP contribution in [0.5, 0.6) is 0 Å². The second kappa shape index (κ2) is 12.9. The van der Waals surface area contributed by atoms with Crippen LogP contribution in [0.25, 0.3) is 0 Å². The maximum atomic E-state index is 13.0. The van der Waals surface area contributed by atoms with Gasteiger partial charge in [0.2, 0.25) is 11.8 Å². The molecule has 2 heterocycles. The molecule has 10 heteroatoms. The van der Waals surface area contributed by atoms with Crippen LogP contribution in [0.2, 0.25) is 0 Å². The van der Waals surface area contributed by atoms with Crippen molar-refractivity contribution < 1.29 is 14.4 Å². The van der Waals surface area contributed by atoms with Gasteiger partial charge in [0.25, 0.3) is 5.91 Å². The average Bonchev–Trinajstić information content (AvgIpc) is 3.04. The van der Waals surface area contributed by atoms with Crippen LogP contribution in [0.3, 0.4) is 0 Å². The molecule has 8 nitrogen and oxygen atoms in total. The van der Waals surface area contributed by atoms with Gasteiger partial charge in [-0.3, -0.25) is 19.7 Å². The largest absolute Gasteiger partial charge is 0.371 e. The Morgan fingerprint density at radius 1 is 1.00 bits per heavy atom. The maximum Gasteiger partial charge on any atom is 0.255 e. The Morgan fingerprint density at radius 3 is 2.23 bits per heavy atom. The number of anilines is 1. The van der Waals surface area contributed by atoms with Crippen molar-refractivity contribution in [2.24, 2.45) is 11.5 Å². The average molecular weight is 474 g/mol. The third kappa shape index (κ3) is 6.32. The number of rotatable bonds is 10. The summed E-state index contributed by atoms with van der Waals surface area (Å²) in [5, 5.41) is 2.35. The first-order chi connectivity index (χ1) is 14.1. The van der Waals surface area contributed by atoms with E-state index in [1.54, 1.807) is 4.90 Å². The van der Waals surface area contributed by atoms with E-state index in [2.05, 4.69) is 10.2 Å². The molecular formula is C21H33Cl2N5O3. The number of carbonyl (C=O) groups is 3. The van der Waals surface area contributed by atoms with Gasteiger partial charge in [-0.2, -0.15) is 0 Å². The van der Waals surface area contributed by atoms with Crippen LogP contribution in [-0.4, -0.2) is 54.8 Å². The van der Waals surface area contributed by atoms with Gasteiger partial charge in [0.1, 0.15) is 6.04 Å². The van der Waals surface area contributed by atoms with Gasteiger partial charge in [-0.25, -0.2) is 0 Å². The van der Waals surface area contributed by atoms with Gasteiger partial charge in [-0.1, -0.05) is 6.07 Å². The smallest absolute Gasteiger partial charge is 0.255 e. The summed E-state index contributed by atoms with van der Waals surface area (Å²) in [6.07, 6.45) is 4.48. The quantitative estimate of drug-likeness (QED) is 0.350. The molecule has 174 valence electrons. The minimum absolute atomic E-state index is 0. The summed E-state index contributed by atoms with van der Waals surface area (Å²) in [6, 6.07) is 5.18. The highest BCUT2D eigenvalue weighted by Gasteiger charge is 2.40. The zero-order valence-corrected chi connectivity index (χ0v) is 19.3. The molecule has 0 radical (unpaired) electrons. The van der Waals surface area contributed by atoms with Gasteiger partial charge in [-0.15, -0.1) is 24.8 Å². The minimum atomic E-state index is -0.594. The molecule has 3 rings (SSSR count). The van der Waals surface area contributed by atoms with Crippen LogP contribution in [0.1, 0.15) is 54.4 Å². The van der Waals surface area contributed by atoms with Crippen LogP contribution in [0.15, 0.2) is 18.2 Å². The maximum absolute atomic E-state index is 13.0. The Bertz CT molecular complexity index is 767. The number of carbonyl (C=O) groups excluding carboxylic acids is 3. The zero-order chi connectivity index (χ0) is 20.8. The Kier molecular flexibility index (Phi) is 11.3. The predicted octanol–water partition coefficient (Wildman–Crippen LogP) is 1.58. The standard InChI is InChI=1S/C21H31N5O3.2ClH/c22-10-1-3-12-25(13-4-2-11-23)17-7-5-6-15-16(17)14-26(21(15)29)18-8-9-19(27)24-20(18)28;;/h5-7,18H,1-4,8-14,22-23H2,(H,24,27,28);2*1H. The van der Waals surface area contributed by atoms with Crippen molar-refractivity contribution in [3.63, 3.8) is 0 Å². The molecular weight excluding hydrogens is 441 g/mol.